The third-order valence-corrected chi connectivity index (χ3v) is 3.84. The summed E-state index contributed by atoms with van der Waals surface area (Å²) in [5.41, 5.74) is 2.07. The smallest absolute Gasteiger partial charge is 0.175 e. The lowest BCUT2D eigenvalue weighted by Gasteiger charge is -2.20. The minimum Gasteiger partial charge on any atom is -0.495 e. The fourth-order valence-electron chi connectivity index (χ4n) is 2.25. The Morgan fingerprint density at radius 1 is 1.19 bits per heavy atom. The largest absolute Gasteiger partial charge is 0.495 e. The number of fused-ring (bicyclic) bond motifs is 1. The molecule has 0 radical (unpaired) electrons. The Morgan fingerprint density at radius 2 is 2.00 bits per heavy atom. The average Bonchev–Trinajstić information content (AvgIpc) is 2.53. The molecular formula is C16H16BrNO3. The maximum Gasteiger partial charge on any atom is 0.175 e. The minimum absolute atomic E-state index is 0.586. The van der Waals surface area contributed by atoms with Crippen molar-refractivity contribution < 1.29 is 14.2 Å². The van der Waals surface area contributed by atoms with Gasteiger partial charge in [-0.15, -0.1) is 0 Å². The molecule has 0 aliphatic carbocycles. The highest BCUT2D eigenvalue weighted by Gasteiger charge is 2.16. The summed E-state index contributed by atoms with van der Waals surface area (Å²) in [6, 6.07) is 11.9. The van der Waals surface area contributed by atoms with Gasteiger partial charge >= 0.3 is 0 Å². The van der Waals surface area contributed by atoms with Gasteiger partial charge in [0.1, 0.15) is 19.0 Å². The molecule has 0 aromatic heterocycles. The standard InChI is InChI=1S/C16H16BrNO3/c1-19-14-5-3-2-4-13(14)18-10-11-8-12(17)16-15(9-11)20-6-7-21-16/h2-5,8-9,18H,6-7,10H2,1H3. The molecule has 4 nitrogen and oxygen atoms in total. The van der Waals surface area contributed by atoms with Crippen LogP contribution in [0.2, 0.25) is 0 Å². The lowest BCUT2D eigenvalue weighted by Crippen LogP contribution is -2.16. The zero-order chi connectivity index (χ0) is 14.7. The second-order valence-electron chi connectivity index (χ2n) is 4.66. The Morgan fingerprint density at radius 3 is 2.86 bits per heavy atom. The van der Waals surface area contributed by atoms with Gasteiger partial charge in [0.05, 0.1) is 17.3 Å². The van der Waals surface area contributed by atoms with Crippen molar-refractivity contribution in [1.82, 2.24) is 0 Å². The van der Waals surface area contributed by atoms with Gasteiger partial charge in [-0.1, -0.05) is 12.1 Å². The number of para-hydroxylation sites is 2. The van der Waals surface area contributed by atoms with Crippen LogP contribution in [0.1, 0.15) is 5.56 Å². The molecule has 1 N–H and O–H groups in total. The maximum atomic E-state index is 5.63. The van der Waals surface area contributed by atoms with Gasteiger partial charge in [-0.3, -0.25) is 0 Å². The van der Waals surface area contributed by atoms with Gasteiger partial charge in [0, 0.05) is 6.54 Å². The maximum absolute atomic E-state index is 5.63. The molecule has 0 saturated carbocycles. The average molecular weight is 350 g/mol. The highest BCUT2D eigenvalue weighted by atomic mass is 79.9. The van der Waals surface area contributed by atoms with Crippen LogP contribution in [0.4, 0.5) is 5.69 Å². The zero-order valence-electron chi connectivity index (χ0n) is 11.7. The number of ether oxygens (including phenoxy) is 3. The number of methoxy groups -OCH3 is 1. The molecule has 21 heavy (non-hydrogen) atoms. The monoisotopic (exact) mass is 349 g/mol. The normalized spacial score (nSPS) is 12.9. The van der Waals surface area contributed by atoms with Gasteiger partial charge in [-0.05, 0) is 45.8 Å². The fraction of sp³-hybridized carbons (Fsp3) is 0.250. The molecule has 0 unspecified atom stereocenters. The SMILES string of the molecule is COc1ccccc1NCc1cc(Br)c2c(c1)OCCO2. The van der Waals surface area contributed by atoms with Gasteiger partial charge in [0.25, 0.3) is 0 Å². The summed E-state index contributed by atoms with van der Waals surface area (Å²) in [5.74, 6) is 2.39. The molecule has 2 aromatic rings. The van der Waals surface area contributed by atoms with Crippen LogP contribution >= 0.6 is 15.9 Å². The molecule has 1 aliphatic heterocycles. The topological polar surface area (TPSA) is 39.7 Å². The number of nitrogens with one attached hydrogen (secondary N) is 1. The van der Waals surface area contributed by atoms with E-state index < -0.39 is 0 Å². The minimum atomic E-state index is 0.586. The summed E-state index contributed by atoms with van der Waals surface area (Å²) < 4.78 is 17.5. The summed E-state index contributed by atoms with van der Waals surface area (Å²) in [6.45, 7) is 1.85. The van der Waals surface area contributed by atoms with Crippen molar-refractivity contribution in [3.05, 3.63) is 46.4 Å². The molecule has 1 heterocycles. The molecule has 0 saturated heterocycles. The van der Waals surface area contributed by atoms with E-state index in [1.807, 2.05) is 36.4 Å². The number of halogens is 1. The van der Waals surface area contributed by atoms with Crippen molar-refractivity contribution in [3.8, 4) is 17.2 Å². The van der Waals surface area contributed by atoms with Gasteiger partial charge in [0.2, 0.25) is 0 Å². The Labute approximate surface area is 132 Å². The quantitative estimate of drug-likeness (QED) is 0.910. The summed E-state index contributed by atoms with van der Waals surface area (Å²) in [7, 11) is 1.67. The highest BCUT2D eigenvalue weighted by molar-refractivity contribution is 9.10. The molecule has 0 atom stereocenters. The first-order valence-corrected chi connectivity index (χ1v) is 7.52. The third kappa shape index (κ3) is 3.08. The van der Waals surface area contributed by atoms with Gasteiger partial charge in [-0.25, -0.2) is 0 Å². The Balaban J connectivity index is 1.78. The van der Waals surface area contributed by atoms with Crippen molar-refractivity contribution in [2.24, 2.45) is 0 Å². The van der Waals surface area contributed by atoms with Crippen molar-refractivity contribution in [2.75, 3.05) is 25.6 Å². The van der Waals surface area contributed by atoms with E-state index in [1.54, 1.807) is 7.11 Å². The molecule has 1 aliphatic rings. The number of rotatable bonds is 4. The van der Waals surface area contributed by atoms with E-state index in [-0.39, 0.29) is 0 Å². The first kappa shape index (κ1) is 14.1. The van der Waals surface area contributed by atoms with E-state index in [0.29, 0.717) is 19.8 Å². The van der Waals surface area contributed by atoms with Gasteiger partial charge in [0.15, 0.2) is 11.5 Å². The van der Waals surface area contributed by atoms with Gasteiger partial charge < -0.3 is 19.5 Å². The highest BCUT2D eigenvalue weighted by Crippen LogP contribution is 2.38. The lowest BCUT2D eigenvalue weighted by atomic mass is 10.2. The molecule has 3 rings (SSSR count). The predicted octanol–water partition coefficient (Wildman–Crippen LogP) is 3.84. The Kier molecular flexibility index (Phi) is 4.20. The van der Waals surface area contributed by atoms with Crippen LogP contribution < -0.4 is 19.5 Å². The number of hydrogen-bond acceptors (Lipinski definition) is 4. The van der Waals surface area contributed by atoms with Crippen LogP contribution in [0, 0.1) is 0 Å². The van der Waals surface area contributed by atoms with E-state index in [1.165, 1.54) is 0 Å². The third-order valence-electron chi connectivity index (χ3n) is 3.25. The van der Waals surface area contributed by atoms with E-state index >= 15 is 0 Å². The van der Waals surface area contributed by atoms with Crippen LogP contribution in [-0.4, -0.2) is 20.3 Å². The summed E-state index contributed by atoms with van der Waals surface area (Å²) in [6.07, 6.45) is 0. The molecule has 0 spiro atoms. The lowest BCUT2D eigenvalue weighted by molar-refractivity contribution is 0.170. The summed E-state index contributed by atoms with van der Waals surface area (Å²) >= 11 is 3.53. The molecule has 0 bridgehead atoms. The number of hydrogen-bond donors (Lipinski definition) is 1. The summed E-state index contributed by atoms with van der Waals surface area (Å²) in [4.78, 5) is 0. The van der Waals surface area contributed by atoms with Crippen molar-refractivity contribution >= 4 is 21.6 Å². The first-order valence-electron chi connectivity index (χ1n) is 6.73. The van der Waals surface area contributed by atoms with Crippen LogP contribution in [0.15, 0.2) is 40.9 Å². The van der Waals surface area contributed by atoms with Crippen LogP contribution in [-0.2, 0) is 6.54 Å². The first-order chi connectivity index (χ1) is 10.3. The van der Waals surface area contributed by atoms with Crippen LogP contribution in [0.3, 0.4) is 0 Å². The van der Waals surface area contributed by atoms with Crippen LogP contribution in [0.5, 0.6) is 17.2 Å². The zero-order valence-corrected chi connectivity index (χ0v) is 13.3. The van der Waals surface area contributed by atoms with Crippen molar-refractivity contribution in [3.63, 3.8) is 0 Å². The molecule has 0 amide bonds. The fourth-order valence-corrected chi connectivity index (χ4v) is 2.86. The second-order valence-corrected chi connectivity index (χ2v) is 5.51. The molecule has 0 fully saturated rings. The van der Waals surface area contributed by atoms with E-state index in [0.717, 1.165) is 33.0 Å². The van der Waals surface area contributed by atoms with Crippen LogP contribution in [0.25, 0.3) is 0 Å². The Bertz CT molecular complexity index is 645. The van der Waals surface area contributed by atoms with Crippen molar-refractivity contribution in [1.29, 1.82) is 0 Å². The predicted molar refractivity (Wildman–Crippen MR) is 85.5 cm³/mol. The molecule has 5 heteroatoms. The van der Waals surface area contributed by atoms with E-state index in [2.05, 4.69) is 21.2 Å². The van der Waals surface area contributed by atoms with E-state index in [4.69, 9.17) is 14.2 Å². The molecule has 2 aromatic carbocycles. The molecular weight excluding hydrogens is 334 g/mol. The van der Waals surface area contributed by atoms with Crippen molar-refractivity contribution in [2.45, 2.75) is 6.54 Å². The Hall–Kier alpha value is -1.88. The van der Waals surface area contributed by atoms with Gasteiger partial charge in [-0.2, -0.15) is 0 Å². The molecule has 110 valence electrons. The number of anilines is 1. The van der Waals surface area contributed by atoms with E-state index in [9.17, 15) is 0 Å². The summed E-state index contributed by atoms with van der Waals surface area (Å²) in [5, 5.41) is 3.37. The number of benzene rings is 2. The second kappa shape index (κ2) is 6.26.